The number of nitrogens with two attached hydrogens (primary N) is 2. The van der Waals surface area contributed by atoms with Gasteiger partial charge in [0.15, 0.2) is 0 Å². The standard InChI is InChI=1S/C29H34N2O5.ClH/c1-2-20-11-13-24-16-22(12-14-23(24)15-20)17-25(18-27(31)32)36-29(34)26(30)9-6-10-28(33)35-19-21-7-4-3-5-8-21;/h3-5,7-8,11-16,25-26H,2,6,9-10,17-19,30H2,1H3,(H2,31,32);1H/t25?,26-;/m0./s1. The van der Waals surface area contributed by atoms with Crippen LogP contribution in [0.1, 0.15) is 49.3 Å². The summed E-state index contributed by atoms with van der Waals surface area (Å²) in [6, 6.07) is 20.8. The van der Waals surface area contributed by atoms with E-state index in [0.717, 1.165) is 28.3 Å². The lowest BCUT2D eigenvalue weighted by Gasteiger charge is -2.19. The zero-order chi connectivity index (χ0) is 25.9. The molecule has 0 bridgehead atoms. The molecule has 0 spiro atoms. The number of amides is 1. The summed E-state index contributed by atoms with van der Waals surface area (Å²) in [5.41, 5.74) is 14.5. The Balaban J connectivity index is 0.00000481. The number of esters is 2. The molecule has 7 nitrogen and oxygen atoms in total. The molecule has 0 aliphatic rings. The number of primary amides is 1. The summed E-state index contributed by atoms with van der Waals surface area (Å²) in [6.07, 6.45) is 1.28. The number of hydrogen-bond donors (Lipinski definition) is 2. The molecule has 4 N–H and O–H groups in total. The fraction of sp³-hybridized carbons (Fsp3) is 0.345. The highest BCUT2D eigenvalue weighted by atomic mass is 35.5. The highest BCUT2D eigenvalue weighted by Gasteiger charge is 2.22. The lowest BCUT2D eigenvalue weighted by Crippen LogP contribution is -2.37. The van der Waals surface area contributed by atoms with Crippen molar-refractivity contribution in [3.63, 3.8) is 0 Å². The predicted octanol–water partition coefficient (Wildman–Crippen LogP) is 4.39. The van der Waals surface area contributed by atoms with Gasteiger partial charge in [0.2, 0.25) is 5.91 Å². The van der Waals surface area contributed by atoms with Crippen molar-refractivity contribution in [3.8, 4) is 0 Å². The van der Waals surface area contributed by atoms with E-state index in [2.05, 4.69) is 25.1 Å². The van der Waals surface area contributed by atoms with Gasteiger partial charge in [-0.05, 0) is 46.7 Å². The summed E-state index contributed by atoms with van der Waals surface area (Å²) in [6.45, 7) is 2.32. The Morgan fingerprint density at radius 3 is 2.19 bits per heavy atom. The van der Waals surface area contributed by atoms with Gasteiger partial charge in [-0.3, -0.25) is 14.4 Å². The van der Waals surface area contributed by atoms with Gasteiger partial charge in [0.05, 0.1) is 6.42 Å². The van der Waals surface area contributed by atoms with Gasteiger partial charge < -0.3 is 20.9 Å². The summed E-state index contributed by atoms with van der Waals surface area (Å²) >= 11 is 0. The normalized spacial score (nSPS) is 12.3. The van der Waals surface area contributed by atoms with Gasteiger partial charge in [-0.15, -0.1) is 12.4 Å². The summed E-state index contributed by atoms with van der Waals surface area (Å²) in [5.74, 6) is -1.53. The van der Waals surface area contributed by atoms with E-state index < -0.39 is 24.0 Å². The summed E-state index contributed by atoms with van der Waals surface area (Å²) < 4.78 is 10.8. The number of hydrogen-bond acceptors (Lipinski definition) is 6. The monoisotopic (exact) mass is 526 g/mol. The number of carbonyl (C=O) groups is 3. The van der Waals surface area contributed by atoms with E-state index in [1.165, 1.54) is 5.56 Å². The van der Waals surface area contributed by atoms with E-state index >= 15 is 0 Å². The fourth-order valence-corrected chi connectivity index (χ4v) is 3.98. The molecule has 3 rings (SSSR count). The van der Waals surface area contributed by atoms with Crippen LogP contribution in [0.5, 0.6) is 0 Å². The fourth-order valence-electron chi connectivity index (χ4n) is 3.98. The van der Waals surface area contributed by atoms with Crippen molar-refractivity contribution in [2.75, 3.05) is 0 Å². The van der Waals surface area contributed by atoms with Crippen LogP contribution in [0, 0.1) is 0 Å². The van der Waals surface area contributed by atoms with Crippen LogP contribution >= 0.6 is 12.4 Å². The Hall–Kier alpha value is -3.42. The molecule has 2 atom stereocenters. The molecule has 1 amide bonds. The highest BCUT2D eigenvalue weighted by Crippen LogP contribution is 2.20. The van der Waals surface area contributed by atoms with Gasteiger partial charge in [0.25, 0.3) is 0 Å². The third-order valence-corrected chi connectivity index (χ3v) is 5.99. The number of halogens is 1. The molecule has 0 aliphatic carbocycles. The largest absolute Gasteiger partial charge is 0.461 e. The number of ether oxygens (including phenoxy) is 2. The van der Waals surface area contributed by atoms with Crippen molar-refractivity contribution >= 4 is 41.0 Å². The summed E-state index contributed by atoms with van der Waals surface area (Å²) in [7, 11) is 0. The Morgan fingerprint density at radius 2 is 1.54 bits per heavy atom. The number of fused-ring (bicyclic) bond motifs is 1. The zero-order valence-corrected chi connectivity index (χ0v) is 21.9. The molecule has 0 saturated carbocycles. The van der Waals surface area contributed by atoms with Crippen LogP contribution in [-0.2, 0) is 43.3 Å². The van der Waals surface area contributed by atoms with Gasteiger partial charge in [0, 0.05) is 12.8 Å². The maximum atomic E-state index is 12.6. The van der Waals surface area contributed by atoms with Crippen molar-refractivity contribution in [3.05, 3.63) is 83.4 Å². The Morgan fingerprint density at radius 1 is 0.892 bits per heavy atom. The van der Waals surface area contributed by atoms with Crippen LogP contribution < -0.4 is 11.5 Å². The quantitative estimate of drug-likeness (QED) is 0.318. The Labute approximate surface area is 223 Å². The number of aryl methyl sites for hydroxylation is 1. The number of rotatable bonds is 13. The van der Waals surface area contributed by atoms with Gasteiger partial charge in [0.1, 0.15) is 18.8 Å². The van der Waals surface area contributed by atoms with Gasteiger partial charge >= 0.3 is 11.9 Å². The molecule has 0 aliphatic heterocycles. The van der Waals surface area contributed by atoms with Crippen LogP contribution in [0.2, 0.25) is 0 Å². The molecule has 37 heavy (non-hydrogen) atoms. The average molecular weight is 527 g/mol. The number of benzene rings is 3. The maximum Gasteiger partial charge on any atom is 0.323 e. The molecule has 0 aromatic heterocycles. The molecular formula is C29H35ClN2O5. The van der Waals surface area contributed by atoms with Crippen molar-refractivity contribution in [2.45, 2.75) is 64.2 Å². The molecule has 8 heteroatoms. The molecular weight excluding hydrogens is 492 g/mol. The van der Waals surface area contributed by atoms with Crippen molar-refractivity contribution in [1.29, 1.82) is 0 Å². The molecule has 1 unspecified atom stereocenters. The minimum Gasteiger partial charge on any atom is -0.461 e. The van der Waals surface area contributed by atoms with Crippen molar-refractivity contribution < 1.29 is 23.9 Å². The van der Waals surface area contributed by atoms with Crippen molar-refractivity contribution in [1.82, 2.24) is 0 Å². The van der Waals surface area contributed by atoms with Crippen LogP contribution in [0.15, 0.2) is 66.7 Å². The minimum absolute atomic E-state index is 0. The smallest absolute Gasteiger partial charge is 0.323 e. The SMILES string of the molecule is CCc1ccc2cc(CC(CC(N)=O)OC(=O)[C@@H](N)CCCC(=O)OCc3ccccc3)ccc2c1.Cl. The van der Waals surface area contributed by atoms with Crippen LogP contribution in [0.4, 0.5) is 0 Å². The second kappa shape index (κ2) is 15.0. The topological polar surface area (TPSA) is 122 Å². The van der Waals surface area contributed by atoms with E-state index in [4.69, 9.17) is 20.9 Å². The van der Waals surface area contributed by atoms with Gasteiger partial charge in [-0.1, -0.05) is 73.7 Å². The van der Waals surface area contributed by atoms with Crippen LogP contribution in [-0.4, -0.2) is 30.0 Å². The Bertz CT molecular complexity index is 1190. The molecule has 0 saturated heterocycles. The predicted molar refractivity (Wildman–Crippen MR) is 146 cm³/mol. The van der Waals surface area contributed by atoms with Crippen molar-refractivity contribution in [2.24, 2.45) is 11.5 Å². The molecule has 198 valence electrons. The highest BCUT2D eigenvalue weighted by molar-refractivity contribution is 5.85. The molecule has 0 heterocycles. The van der Waals surface area contributed by atoms with Gasteiger partial charge in [-0.25, -0.2) is 0 Å². The molecule has 3 aromatic carbocycles. The van der Waals surface area contributed by atoms with E-state index in [0.29, 0.717) is 12.8 Å². The summed E-state index contributed by atoms with van der Waals surface area (Å²) in [5, 5.41) is 2.20. The van der Waals surface area contributed by atoms with Crippen LogP contribution in [0.25, 0.3) is 10.8 Å². The first-order chi connectivity index (χ1) is 17.3. The first-order valence-electron chi connectivity index (χ1n) is 12.3. The maximum absolute atomic E-state index is 12.6. The second-order valence-corrected chi connectivity index (χ2v) is 8.95. The number of carbonyl (C=O) groups excluding carboxylic acids is 3. The lowest BCUT2D eigenvalue weighted by molar-refractivity contribution is -0.152. The second-order valence-electron chi connectivity index (χ2n) is 8.95. The van der Waals surface area contributed by atoms with E-state index in [1.807, 2.05) is 48.5 Å². The first-order valence-corrected chi connectivity index (χ1v) is 12.3. The average Bonchev–Trinajstić information content (AvgIpc) is 2.87. The summed E-state index contributed by atoms with van der Waals surface area (Å²) in [4.78, 5) is 36.1. The first kappa shape index (κ1) is 29.8. The Kier molecular flexibility index (Phi) is 12.1. The van der Waals surface area contributed by atoms with E-state index in [9.17, 15) is 14.4 Å². The minimum atomic E-state index is -0.911. The third-order valence-electron chi connectivity index (χ3n) is 5.99. The van der Waals surface area contributed by atoms with Crippen LogP contribution in [0.3, 0.4) is 0 Å². The lowest BCUT2D eigenvalue weighted by atomic mass is 9.99. The molecule has 0 radical (unpaired) electrons. The molecule has 0 fully saturated rings. The molecule has 3 aromatic rings. The van der Waals surface area contributed by atoms with Gasteiger partial charge in [-0.2, -0.15) is 0 Å². The van der Waals surface area contributed by atoms with E-state index in [-0.39, 0.29) is 44.2 Å². The van der Waals surface area contributed by atoms with E-state index in [1.54, 1.807) is 0 Å². The third kappa shape index (κ3) is 9.86. The zero-order valence-electron chi connectivity index (χ0n) is 21.1.